The van der Waals surface area contributed by atoms with E-state index in [2.05, 4.69) is 16.3 Å². The van der Waals surface area contributed by atoms with Crippen LogP contribution < -0.4 is 5.32 Å². The highest BCUT2D eigenvalue weighted by Gasteiger charge is 2.32. The van der Waals surface area contributed by atoms with Crippen molar-refractivity contribution in [3.8, 4) is 0 Å². The van der Waals surface area contributed by atoms with Crippen LogP contribution in [0.2, 0.25) is 0 Å². The Morgan fingerprint density at radius 1 is 1.16 bits per heavy atom. The summed E-state index contributed by atoms with van der Waals surface area (Å²) in [5, 5.41) is 12.1. The molecule has 0 saturated carbocycles. The van der Waals surface area contributed by atoms with Gasteiger partial charge >= 0.3 is 0 Å². The molecular formula is C24H27FN2O4. The summed E-state index contributed by atoms with van der Waals surface area (Å²) in [7, 11) is 0. The van der Waals surface area contributed by atoms with E-state index in [0.717, 1.165) is 36.2 Å². The predicted molar refractivity (Wildman–Crippen MR) is 117 cm³/mol. The standard InChI is InChI=1S/C24H27FN2O4/c1-2-30-12-10-27(9-11-28)8-7-16-3-5-19-17(13-16)15-31-23(19)22-20-14-18(25)4-6-21(20)26-24(22)29/h3-6,13-14,28H,2,7-12,15H2,1H3,(H,26,29). The molecule has 6 nitrogen and oxygen atoms in total. The summed E-state index contributed by atoms with van der Waals surface area (Å²) in [5.74, 6) is -0.165. The molecule has 0 radical (unpaired) electrons. The molecule has 7 heteroatoms. The lowest BCUT2D eigenvalue weighted by molar-refractivity contribution is -0.110. The lowest BCUT2D eigenvalue weighted by atomic mass is 9.98. The lowest BCUT2D eigenvalue weighted by Crippen LogP contribution is -2.32. The van der Waals surface area contributed by atoms with Gasteiger partial charge in [0.2, 0.25) is 0 Å². The van der Waals surface area contributed by atoms with E-state index in [1.807, 2.05) is 19.1 Å². The Hall–Kier alpha value is -2.74. The molecule has 0 unspecified atom stereocenters. The highest BCUT2D eigenvalue weighted by molar-refractivity contribution is 6.36. The van der Waals surface area contributed by atoms with Gasteiger partial charge < -0.3 is 19.9 Å². The van der Waals surface area contributed by atoms with Gasteiger partial charge in [-0.25, -0.2) is 4.39 Å². The largest absolute Gasteiger partial charge is 0.487 e. The number of hydrogen-bond donors (Lipinski definition) is 2. The minimum atomic E-state index is -0.390. The van der Waals surface area contributed by atoms with E-state index in [1.165, 1.54) is 12.1 Å². The first-order chi connectivity index (χ1) is 15.1. The summed E-state index contributed by atoms with van der Waals surface area (Å²) in [4.78, 5) is 14.7. The highest BCUT2D eigenvalue weighted by Crippen LogP contribution is 2.41. The molecule has 2 aliphatic rings. The van der Waals surface area contributed by atoms with Crippen LogP contribution >= 0.6 is 0 Å². The van der Waals surface area contributed by atoms with Crippen molar-refractivity contribution in [2.24, 2.45) is 0 Å². The molecule has 2 aromatic carbocycles. The van der Waals surface area contributed by atoms with Crippen molar-refractivity contribution in [1.29, 1.82) is 0 Å². The van der Waals surface area contributed by atoms with Crippen LogP contribution in [-0.4, -0.2) is 55.4 Å². The van der Waals surface area contributed by atoms with Crippen LogP contribution in [0.15, 0.2) is 36.4 Å². The van der Waals surface area contributed by atoms with E-state index in [9.17, 15) is 14.3 Å². The zero-order valence-electron chi connectivity index (χ0n) is 17.6. The van der Waals surface area contributed by atoms with Gasteiger partial charge in [-0.1, -0.05) is 18.2 Å². The third-order valence-electron chi connectivity index (χ3n) is 5.63. The van der Waals surface area contributed by atoms with Gasteiger partial charge in [-0.2, -0.15) is 0 Å². The van der Waals surface area contributed by atoms with Crippen molar-refractivity contribution >= 4 is 22.9 Å². The number of aliphatic hydroxyl groups is 1. The lowest BCUT2D eigenvalue weighted by Gasteiger charge is -2.21. The maximum Gasteiger partial charge on any atom is 0.260 e. The van der Waals surface area contributed by atoms with Gasteiger partial charge in [-0.15, -0.1) is 0 Å². The van der Waals surface area contributed by atoms with E-state index >= 15 is 0 Å². The van der Waals surface area contributed by atoms with Crippen molar-refractivity contribution in [3.63, 3.8) is 0 Å². The van der Waals surface area contributed by atoms with Crippen LogP contribution in [0.25, 0.3) is 11.3 Å². The fourth-order valence-corrected chi connectivity index (χ4v) is 4.04. The smallest absolute Gasteiger partial charge is 0.260 e. The van der Waals surface area contributed by atoms with Gasteiger partial charge in [-0.05, 0) is 37.1 Å². The molecule has 0 aromatic heterocycles. The first kappa shape index (κ1) is 21.5. The summed E-state index contributed by atoms with van der Waals surface area (Å²) in [6.45, 7) is 6.01. The monoisotopic (exact) mass is 426 g/mol. The van der Waals surface area contributed by atoms with Gasteiger partial charge in [0.05, 0.1) is 18.8 Å². The molecule has 31 heavy (non-hydrogen) atoms. The van der Waals surface area contributed by atoms with Gasteiger partial charge in [0.25, 0.3) is 5.91 Å². The molecule has 0 saturated heterocycles. The molecule has 2 N–H and O–H groups in total. The molecule has 0 aliphatic carbocycles. The number of anilines is 1. The topological polar surface area (TPSA) is 71.0 Å². The Labute approximate surface area is 181 Å². The normalized spacial score (nSPS) is 17.0. The van der Waals surface area contributed by atoms with Crippen molar-refractivity contribution in [2.45, 2.75) is 20.0 Å². The van der Waals surface area contributed by atoms with E-state index < -0.39 is 5.82 Å². The number of halogens is 1. The Morgan fingerprint density at radius 3 is 2.84 bits per heavy atom. The molecule has 2 heterocycles. The minimum Gasteiger partial charge on any atom is -0.487 e. The van der Waals surface area contributed by atoms with E-state index in [0.29, 0.717) is 48.9 Å². The van der Waals surface area contributed by atoms with Crippen LogP contribution in [-0.2, 0) is 27.3 Å². The Morgan fingerprint density at radius 2 is 2.03 bits per heavy atom. The maximum atomic E-state index is 13.8. The van der Waals surface area contributed by atoms with E-state index in [4.69, 9.17) is 9.47 Å². The fraction of sp³-hybridized carbons (Fsp3) is 0.375. The van der Waals surface area contributed by atoms with Crippen molar-refractivity contribution in [3.05, 3.63) is 64.5 Å². The number of carbonyl (C=O) groups is 1. The number of carbonyl (C=O) groups excluding carboxylic acids is 1. The third-order valence-corrected chi connectivity index (χ3v) is 5.63. The molecule has 164 valence electrons. The molecule has 1 amide bonds. The Kier molecular flexibility index (Phi) is 6.65. The molecule has 2 aromatic rings. The third kappa shape index (κ3) is 4.63. The second kappa shape index (κ2) is 9.60. The first-order valence-corrected chi connectivity index (χ1v) is 10.6. The number of amides is 1. The van der Waals surface area contributed by atoms with E-state index in [-0.39, 0.29) is 12.5 Å². The van der Waals surface area contributed by atoms with Crippen LogP contribution in [0.3, 0.4) is 0 Å². The second-order valence-electron chi connectivity index (χ2n) is 7.64. The summed E-state index contributed by atoms with van der Waals surface area (Å²) in [6.07, 6.45) is 0.833. The molecule has 0 spiro atoms. The van der Waals surface area contributed by atoms with Gasteiger partial charge in [0.15, 0.2) is 0 Å². The number of rotatable bonds is 9. The number of aliphatic hydroxyl groups excluding tert-OH is 1. The predicted octanol–water partition coefficient (Wildman–Crippen LogP) is 3.05. The van der Waals surface area contributed by atoms with Gasteiger partial charge in [-0.3, -0.25) is 9.69 Å². The van der Waals surface area contributed by atoms with Crippen LogP contribution in [0.5, 0.6) is 0 Å². The summed E-state index contributed by atoms with van der Waals surface area (Å²) < 4.78 is 25.1. The quantitative estimate of drug-likeness (QED) is 0.476. The second-order valence-corrected chi connectivity index (χ2v) is 7.64. The number of hydrogen-bond acceptors (Lipinski definition) is 5. The minimum absolute atomic E-state index is 0.116. The van der Waals surface area contributed by atoms with Crippen LogP contribution in [0.4, 0.5) is 10.1 Å². The molecule has 0 bridgehead atoms. The van der Waals surface area contributed by atoms with Crippen molar-refractivity contribution in [2.75, 3.05) is 44.8 Å². The van der Waals surface area contributed by atoms with Crippen molar-refractivity contribution in [1.82, 2.24) is 4.90 Å². The summed E-state index contributed by atoms with van der Waals surface area (Å²) >= 11 is 0. The van der Waals surface area contributed by atoms with Crippen LogP contribution in [0.1, 0.15) is 29.2 Å². The summed E-state index contributed by atoms with van der Waals surface area (Å²) in [6, 6.07) is 10.4. The SMILES string of the molecule is CCOCCN(CCO)CCc1ccc2c(c1)COC2=C1C(=O)Nc2ccc(F)cc21. The number of benzene rings is 2. The molecule has 0 atom stereocenters. The first-order valence-electron chi connectivity index (χ1n) is 10.6. The molecule has 0 fully saturated rings. The average Bonchev–Trinajstić information content (AvgIpc) is 3.31. The number of fused-ring (bicyclic) bond motifs is 2. The summed E-state index contributed by atoms with van der Waals surface area (Å²) in [5.41, 5.74) is 4.56. The van der Waals surface area contributed by atoms with Crippen molar-refractivity contribution < 1.29 is 23.8 Å². The number of nitrogens with one attached hydrogen (secondary N) is 1. The average molecular weight is 426 g/mol. The van der Waals surface area contributed by atoms with Crippen LogP contribution in [0, 0.1) is 5.82 Å². The maximum absolute atomic E-state index is 13.8. The van der Waals surface area contributed by atoms with Gasteiger partial charge in [0, 0.05) is 48.6 Å². The fourth-order valence-electron chi connectivity index (χ4n) is 4.04. The molecular weight excluding hydrogens is 399 g/mol. The zero-order valence-corrected chi connectivity index (χ0v) is 17.6. The highest BCUT2D eigenvalue weighted by atomic mass is 19.1. The number of ether oxygens (including phenoxy) is 2. The Bertz CT molecular complexity index is 1010. The Balaban J connectivity index is 1.52. The zero-order chi connectivity index (χ0) is 21.8. The molecule has 4 rings (SSSR count). The molecule has 2 aliphatic heterocycles. The van der Waals surface area contributed by atoms with Gasteiger partial charge in [0.1, 0.15) is 18.2 Å². The van der Waals surface area contributed by atoms with E-state index in [1.54, 1.807) is 6.07 Å². The number of nitrogens with zero attached hydrogens (tertiary/aromatic N) is 1.